The highest BCUT2D eigenvalue weighted by Gasteiger charge is 2.16. The van der Waals surface area contributed by atoms with E-state index in [2.05, 4.69) is 24.0 Å². The fourth-order valence-electron chi connectivity index (χ4n) is 2.29. The maximum Gasteiger partial charge on any atom is 0.122 e. The minimum absolute atomic E-state index is 0.0260. The van der Waals surface area contributed by atoms with E-state index in [4.69, 9.17) is 10.5 Å². The van der Waals surface area contributed by atoms with Crippen molar-refractivity contribution in [2.75, 3.05) is 7.11 Å². The van der Waals surface area contributed by atoms with Crippen molar-refractivity contribution in [3.05, 3.63) is 44.9 Å². The summed E-state index contributed by atoms with van der Waals surface area (Å²) in [5.41, 5.74) is 9.75. The minimum Gasteiger partial charge on any atom is -0.496 e. The molecule has 19 heavy (non-hydrogen) atoms. The summed E-state index contributed by atoms with van der Waals surface area (Å²) >= 11 is 1.68. The van der Waals surface area contributed by atoms with Crippen molar-refractivity contribution in [3.63, 3.8) is 0 Å². The van der Waals surface area contributed by atoms with Crippen LogP contribution in [-0.2, 0) is 6.42 Å². The van der Waals surface area contributed by atoms with Crippen LogP contribution in [0.5, 0.6) is 5.75 Å². The highest BCUT2D eigenvalue weighted by molar-refractivity contribution is 7.11. The van der Waals surface area contributed by atoms with E-state index in [0.717, 1.165) is 28.4 Å². The Morgan fingerprint density at radius 1 is 1.32 bits per heavy atom. The van der Waals surface area contributed by atoms with Crippen molar-refractivity contribution in [3.8, 4) is 5.75 Å². The number of nitrogens with zero attached hydrogens (tertiary/aromatic N) is 1. The first-order valence-corrected chi connectivity index (χ1v) is 7.16. The van der Waals surface area contributed by atoms with Gasteiger partial charge in [0.25, 0.3) is 0 Å². The number of aryl methyl sites for hydroxylation is 3. The van der Waals surface area contributed by atoms with Crippen molar-refractivity contribution < 1.29 is 4.74 Å². The predicted molar refractivity (Wildman–Crippen MR) is 80.0 cm³/mol. The molecular weight excluding hydrogens is 256 g/mol. The van der Waals surface area contributed by atoms with E-state index in [0.29, 0.717) is 0 Å². The van der Waals surface area contributed by atoms with Crippen molar-refractivity contribution in [1.82, 2.24) is 4.98 Å². The average molecular weight is 276 g/mol. The molecule has 1 aromatic heterocycles. The third-order valence-electron chi connectivity index (χ3n) is 3.15. The molecule has 0 aliphatic carbocycles. The van der Waals surface area contributed by atoms with Gasteiger partial charge in [0.2, 0.25) is 0 Å². The van der Waals surface area contributed by atoms with Gasteiger partial charge in [0.15, 0.2) is 0 Å². The molecule has 1 atom stereocenters. The van der Waals surface area contributed by atoms with Crippen LogP contribution in [0.2, 0.25) is 0 Å². The summed E-state index contributed by atoms with van der Waals surface area (Å²) in [6.07, 6.45) is 0.771. The number of benzene rings is 1. The van der Waals surface area contributed by atoms with E-state index < -0.39 is 0 Å². The van der Waals surface area contributed by atoms with E-state index >= 15 is 0 Å². The third kappa shape index (κ3) is 3.14. The first kappa shape index (κ1) is 14.0. The standard InChI is InChI=1S/C15H20N2OS/c1-9-5-6-14(18-4)12(7-9)8-13(16)15-10(2)17-11(3)19-15/h5-7,13H,8,16H2,1-4H3. The molecule has 0 spiro atoms. The highest BCUT2D eigenvalue weighted by atomic mass is 32.1. The number of ether oxygens (including phenoxy) is 1. The largest absolute Gasteiger partial charge is 0.496 e. The van der Waals surface area contributed by atoms with Gasteiger partial charge in [0.1, 0.15) is 5.75 Å². The van der Waals surface area contributed by atoms with Crippen LogP contribution in [0.15, 0.2) is 18.2 Å². The molecule has 3 nitrogen and oxygen atoms in total. The quantitative estimate of drug-likeness (QED) is 0.932. The summed E-state index contributed by atoms with van der Waals surface area (Å²) in [5, 5.41) is 1.07. The summed E-state index contributed by atoms with van der Waals surface area (Å²) < 4.78 is 5.40. The van der Waals surface area contributed by atoms with Gasteiger partial charge in [-0.1, -0.05) is 17.7 Å². The molecule has 0 radical (unpaired) electrons. The average Bonchev–Trinajstić information content (AvgIpc) is 2.69. The lowest BCUT2D eigenvalue weighted by molar-refractivity contribution is 0.408. The molecule has 1 aromatic carbocycles. The van der Waals surface area contributed by atoms with Crippen molar-refractivity contribution in [1.29, 1.82) is 0 Å². The Hall–Kier alpha value is -1.39. The molecule has 0 saturated carbocycles. The smallest absolute Gasteiger partial charge is 0.122 e. The van der Waals surface area contributed by atoms with Crippen LogP contribution in [0.4, 0.5) is 0 Å². The summed E-state index contributed by atoms with van der Waals surface area (Å²) in [6.45, 7) is 6.11. The van der Waals surface area contributed by atoms with Gasteiger partial charge in [-0.05, 0) is 38.8 Å². The van der Waals surface area contributed by atoms with Crippen LogP contribution < -0.4 is 10.5 Å². The van der Waals surface area contributed by atoms with Crippen LogP contribution in [-0.4, -0.2) is 12.1 Å². The number of aromatic nitrogens is 1. The lowest BCUT2D eigenvalue weighted by Crippen LogP contribution is -2.13. The number of thiazole rings is 1. The Balaban J connectivity index is 2.25. The molecular formula is C15H20N2OS. The summed E-state index contributed by atoms with van der Waals surface area (Å²) in [7, 11) is 1.70. The second-order valence-corrected chi connectivity index (χ2v) is 6.04. The van der Waals surface area contributed by atoms with E-state index in [9.17, 15) is 0 Å². The van der Waals surface area contributed by atoms with Crippen molar-refractivity contribution in [2.24, 2.45) is 5.73 Å². The summed E-state index contributed by atoms with van der Waals surface area (Å²) in [4.78, 5) is 5.61. The molecule has 0 bridgehead atoms. The van der Waals surface area contributed by atoms with Gasteiger partial charge >= 0.3 is 0 Å². The summed E-state index contributed by atoms with van der Waals surface area (Å²) in [5.74, 6) is 0.903. The fraction of sp³-hybridized carbons (Fsp3) is 0.400. The number of rotatable bonds is 4. The number of hydrogen-bond donors (Lipinski definition) is 1. The number of hydrogen-bond acceptors (Lipinski definition) is 4. The fourth-order valence-corrected chi connectivity index (χ4v) is 3.22. The van der Waals surface area contributed by atoms with Crippen molar-refractivity contribution in [2.45, 2.75) is 33.2 Å². The maximum absolute atomic E-state index is 6.33. The van der Waals surface area contributed by atoms with Crippen LogP contribution >= 0.6 is 11.3 Å². The van der Waals surface area contributed by atoms with E-state index in [1.165, 1.54) is 10.4 Å². The van der Waals surface area contributed by atoms with E-state index in [1.54, 1.807) is 18.4 Å². The molecule has 0 fully saturated rings. The van der Waals surface area contributed by atoms with Gasteiger partial charge in [0.05, 0.1) is 17.8 Å². The zero-order valence-electron chi connectivity index (χ0n) is 11.9. The molecule has 0 aliphatic rings. The van der Waals surface area contributed by atoms with Gasteiger partial charge in [-0.2, -0.15) is 0 Å². The molecule has 0 saturated heterocycles. The summed E-state index contributed by atoms with van der Waals surface area (Å²) in [6, 6.07) is 6.17. The molecule has 0 amide bonds. The van der Waals surface area contributed by atoms with Gasteiger partial charge < -0.3 is 10.5 Å². The topological polar surface area (TPSA) is 48.1 Å². The molecule has 2 aromatic rings. The Bertz CT molecular complexity index is 578. The lowest BCUT2D eigenvalue weighted by atomic mass is 10.0. The first-order chi connectivity index (χ1) is 9.01. The minimum atomic E-state index is -0.0260. The molecule has 0 aliphatic heterocycles. The van der Waals surface area contributed by atoms with Crippen LogP contribution in [0.1, 0.15) is 32.7 Å². The van der Waals surface area contributed by atoms with Gasteiger partial charge in [-0.15, -0.1) is 11.3 Å². The SMILES string of the molecule is COc1ccc(C)cc1CC(N)c1sc(C)nc1C. The Kier molecular flexibility index (Phi) is 4.22. The molecule has 102 valence electrons. The molecule has 2 rings (SSSR count). The van der Waals surface area contributed by atoms with Crippen molar-refractivity contribution >= 4 is 11.3 Å². The zero-order valence-corrected chi connectivity index (χ0v) is 12.7. The highest BCUT2D eigenvalue weighted by Crippen LogP contribution is 2.29. The molecule has 4 heteroatoms. The number of methoxy groups -OCH3 is 1. The number of nitrogens with two attached hydrogens (primary N) is 1. The molecule has 1 unspecified atom stereocenters. The van der Waals surface area contributed by atoms with Crippen LogP contribution in [0.25, 0.3) is 0 Å². The van der Waals surface area contributed by atoms with Gasteiger partial charge in [-0.25, -0.2) is 4.98 Å². The van der Waals surface area contributed by atoms with E-state index in [1.807, 2.05) is 19.9 Å². The Labute approximate surface area is 118 Å². The molecule has 1 heterocycles. The van der Waals surface area contributed by atoms with Crippen LogP contribution in [0, 0.1) is 20.8 Å². The monoisotopic (exact) mass is 276 g/mol. The maximum atomic E-state index is 6.33. The second-order valence-electron chi connectivity index (χ2n) is 4.81. The second kappa shape index (κ2) is 5.72. The predicted octanol–water partition coefficient (Wildman–Crippen LogP) is 3.32. The zero-order chi connectivity index (χ0) is 14.0. The Morgan fingerprint density at radius 2 is 2.05 bits per heavy atom. The Morgan fingerprint density at radius 3 is 2.63 bits per heavy atom. The van der Waals surface area contributed by atoms with Crippen LogP contribution in [0.3, 0.4) is 0 Å². The lowest BCUT2D eigenvalue weighted by Gasteiger charge is -2.14. The van der Waals surface area contributed by atoms with Gasteiger partial charge in [-0.3, -0.25) is 0 Å². The van der Waals surface area contributed by atoms with E-state index in [-0.39, 0.29) is 6.04 Å². The third-order valence-corrected chi connectivity index (χ3v) is 4.36. The first-order valence-electron chi connectivity index (χ1n) is 6.34. The molecule has 2 N–H and O–H groups in total. The van der Waals surface area contributed by atoms with Gasteiger partial charge in [0, 0.05) is 10.9 Å². The normalized spacial score (nSPS) is 12.5.